The van der Waals surface area contributed by atoms with Gasteiger partial charge in [-0.05, 0) is 33.9 Å². The molecule has 0 nitrogen and oxygen atoms in total. The van der Waals surface area contributed by atoms with Crippen molar-refractivity contribution >= 4 is 22.4 Å². The van der Waals surface area contributed by atoms with Crippen molar-refractivity contribution in [3.63, 3.8) is 0 Å². The minimum atomic E-state index is 0.559. The second kappa shape index (κ2) is 5.46. The van der Waals surface area contributed by atoms with Gasteiger partial charge in [0.1, 0.15) is 0 Å². The lowest BCUT2D eigenvalue weighted by Gasteiger charge is -2.08. The van der Waals surface area contributed by atoms with Crippen LogP contribution in [-0.2, 0) is 12.3 Å². The lowest BCUT2D eigenvalue weighted by atomic mass is 9.98. The van der Waals surface area contributed by atoms with E-state index in [1.54, 1.807) is 0 Å². The maximum Gasteiger partial charge on any atom is 0.0480 e. The zero-order valence-electron chi connectivity index (χ0n) is 10.6. The van der Waals surface area contributed by atoms with Crippen molar-refractivity contribution < 1.29 is 0 Å². The van der Waals surface area contributed by atoms with E-state index in [0.717, 1.165) is 6.42 Å². The summed E-state index contributed by atoms with van der Waals surface area (Å²) in [7, 11) is 0. The van der Waals surface area contributed by atoms with E-state index in [0.29, 0.717) is 5.88 Å². The quantitative estimate of drug-likeness (QED) is 0.574. The summed E-state index contributed by atoms with van der Waals surface area (Å²) in [6.45, 7) is 0. The van der Waals surface area contributed by atoms with Gasteiger partial charge < -0.3 is 0 Å². The van der Waals surface area contributed by atoms with E-state index >= 15 is 0 Å². The molecule has 0 aromatic heterocycles. The zero-order chi connectivity index (χ0) is 13.1. The third kappa shape index (κ3) is 2.64. The largest absolute Gasteiger partial charge is 0.122 e. The number of fused-ring (bicyclic) bond motifs is 1. The highest BCUT2D eigenvalue weighted by Gasteiger charge is 2.04. The molecule has 3 aromatic carbocycles. The molecule has 0 bridgehead atoms. The molecule has 0 unspecified atom stereocenters. The summed E-state index contributed by atoms with van der Waals surface area (Å²) in [5, 5.41) is 2.53. The fourth-order valence-electron chi connectivity index (χ4n) is 2.50. The van der Waals surface area contributed by atoms with Crippen molar-refractivity contribution in [3.8, 4) is 0 Å². The van der Waals surface area contributed by atoms with Crippen LogP contribution in [0, 0.1) is 0 Å². The van der Waals surface area contributed by atoms with Crippen molar-refractivity contribution in [2.24, 2.45) is 0 Å². The summed E-state index contributed by atoms with van der Waals surface area (Å²) in [5.74, 6) is 0.559. The Morgan fingerprint density at radius 1 is 0.737 bits per heavy atom. The van der Waals surface area contributed by atoms with Crippen molar-refractivity contribution in [1.29, 1.82) is 0 Å². The van der Waals surface area contributed by atoms with E-state index in [1.807, 2.05) is 6.07 Å². The first kappa shape index (κ1) is 12.3. The molecule has 0 aliphatic rings. The molecule has 0 amide bonds. The molecule has 0 saturated carbocycles. The monoisotopic (exact) mass is 266 g/mol. The molecule has 0 heterocycles. The van der Waals surface area contributed by atoms with E-state index in [9.17, 15) is 0 Å². The van der Waals surface area contributed by atoms with E-state index < -0.39 is 0 Å². The number of rotatable bonds is 3. The van der Waals surface area contributed by atoms with Crippen LogP contribution in [0.4, 0.5) is 0 Å². The second-order valence-electron chi connectivity index (χ2n) is 4.77. The molecule has 0 radical (unpaired) electrons. The molecule has 0 saturated heterocycles. The summed E-state index contributed by atoms with van der Waals surface area (Å²) >= 11 is 6.08. The molecule has 1 heteroatoms. The highest BCUT2D eigenvalue weighted by atomic mass is 35.5. The molecule has 0 spiro atoms. The van der Waals surface area contributed by atoms with Crippen molar-refractivity contribution in [2.45, 2.75) is 12.3 Å². The standard InChI is InChI=1S/C18H15Cl/c19-13-17-12-15(10-14-6-2-1-3-7-14)11-16-8-4-5-9-18(16)17/h1-9,11-12H,10,13H2. The summed E-state index contributed by atoms with van der Waals surface area (Å²) in [5.41, 5.74) is 3.87. The Bertz CT molecular complexity index is 686. The zero-order valence-corrected chi connectivity index (χ0v) is 11.4. The van der Waals surface area contributed by atoms with Gasteiger partial charge >= 0.3 is 0 Å². The van der Waals surface area contributed by atoms with Crippen LogP contribution in [0.1, 0.15) is 16.7 Å². The number of hydrogen-bond acceptors (Lipinski definition) is 0. The highest BCUT2D eigenvalue weighted by molar-refractivity contribution is 6.18. The maximum absolute atomic E-state index is 6.08. The molecule has 3 rings (SSSR count). The molecule has 94 valence electrons. The Kier molecular flexibility index (Phi) is 3.52. The van der Waals surface area contributed by atoms with Gasteiger partial charge in [-0.15, -0.1) is 11.6 Å². The molecule has 0 aliphatic heterocycles. The lowest BCUT2D eigenvalue weighted by Crippen LogP contribution is -1.91. The number of halogens is 1. The first-order valence-corrected chi connectivity index (χ1v) is 7.01. The third-order valence-electron chi connectivity index (χ3n) is 3.40. The van der Waals surface area contributed by atoms with E-state index in [1.165, 1.54) is 27.5 Å². The first-order valence-electron chi connectivity index (χ1n) is 6.47. The van der Waals surface area contributed by atoms with Crippen LogP contribution in [0.15, 0.2) is 66.7 Å². The Morgan fingerprint density at radius 2 is 1.47 bits per heavy atom. The summed E-state index contributed by atoms with van der Waals surface area (Å²) in [6.07, 6.45) is 0.954. The molecule has 0 fully saturated rings. The maximum atomic E-state index is 6.08. The lowest BCUT2D eigenvalue weighted by molar-refractivity contribution is 1.19. The smallest absolute Gasteiger partial charge is 0.0480 e. The number of benzene rings is 3. The number of alkyl halides is 1. The van der Waals surface area contributed by atoms with Crippen LogP contribution in [0.25, 0.3) is 10.8 Å². The summed E-state index contributed by atoms with van der Waals surface area (Å²) < 4.78 is 0. The van der Waals surface area contributed by atoms with Gasteiger partial charge in [0.2, 0.25) is 0 Å². The normalized spacial score (nSPS) is 10.8. The van der Waals surface area contributed by atoms with Crippen molar-refractivity contribution in [1.82, 2.24) is 0 Å². The van der Waals surface area contributed by atoms with Gasteiger partial charge in [-0.2, -0.15) is 0 Å². The summed E-state index contributed by atoms with van der Waals surface area (Å²) in [6, 6.07) is 23.5. The minimum absolute atomic E-state index is 0.559. The van der Waals surface area contributed by atoms with Crippen LogP contribution in [0.3, 0.4) is 0 Å². The molecular formula is C18H15Cl. The van der Waals surface area contributed by atoms with Crippen LogP contribution in [0.5, 0.6) is 0 Å². The molecule has 3 aromatic rings. The van der Waals surface area contributed by atoms with Crippen LogP contribution in [0.2, 0.25) is 0 Å². The summed E-state index contributed by atoms with van der Waals surface area (Å²) in [4.78, 5) is 0. The van der Waals surface area contributed by atoms with Crippen LogP contribution in [-0.4, -0.2) is 0 Å². The molecule has 19 heavy (non-hydrogen) atoms. The minimum Gasteiger partial charge on any atom is -0.122 e. The number of hydrogen-bond donors (Lipinski definition) is 0. The Balaban J connectivity index is 2.05. The molecule has 0 aliphatic carbocycles. The second-order valence-corrected chi connectivity index (χ2v) is 5.04. The average molecular weight is 267 g/mol. The SMILES string of the molecule is ClCc1cc(Cc2ccccc2)cc2ccccc12. The van der Waals surface area contributed by atoms with Gasteiger partial charge in [0.05, 0.1) is 0 Å². The molecule has 0 atom stereocenters. The Hall–Kier alpha value is -1.79. The van der Waals surface area contributed by atoms with E-state index in [2.05, 4.69) is 60.7 Å². The first-order chi connectivity index (χ1) is 9.36. The fourth-order valence-corrected chi connectivity index (χ4v) is 2.72. The average Bonchev–Trinajstić information content (AvgIpc) is 2.47. The van der Waals surface area contributed by atoms with Gasteiger partial charge in [-0.3, -0.25) is 0 Å². The van der Waals surface area contributed by atoms with E-state index in [4.69, 9.17) is 11.6 Å². The van der Waals surface area contributed by atoms with E-state index in [-0.39, 0.29) is 0 Å². The molecule has 0 N–H and O–H groups in total. The van der Waals surface area contributed by atoms with Crippen molar-refractivity contribution in [3.05, 3.63) is 83.4 Å². The van der Waals surface area contributed by atoms with Gasteiger partial charge in [-0.25, -0.2) is 0 Å². The molecular weight excluding hydrogens is 252 g/mol. The topological polar surface area (TPSA) is 0 Å². The van der Waals surface area contributed by atoms with Crippen LogP contribution < -0.4 is 0 Å². The van der Waals surface area contributed by atoms with Gasteiger partial charge in [0.25, 0.3) is 0 Å². The van der Waals surface area contributed by atoms with Gasteiger partial charge in [0.15, 0.2) is 0 Å². The Labute approximate surface area is 118 Å². The van der Waals surface area contributed by atoms with Gasteiger partial charge in [0, 0.05) is 5.88 Å². The van der Waals surface area contributed by atoms with Gasteiger partial charge in [-0.1, -0.05) is 66.7 Å². The Morgan fingerprint density at radius 3 is 2.26 bits per heavy atom. The van der Waals surface area contributed by atoms with Crippen molar-refractivity contribution in [2.75, 3.05) is 0 Å². The highest BCUT2D eigenvalue weighted by Crippen LogP contribution is 2.24. The fraction of sp³-hybridized carbons (Fsp3) is 0.111. The third-order valence-corrected chi connectivity index (χ3v) is 3.69. The predicted molar refractivity (Wildman–Crippen MR) is 82.8 cm³/mol. The van der Waals surface area contributed by atoms with Crippen LogP contribution >= 0.6 is 11.6 Å². The predicted octanol–water partition coefficient (Wildman–Crippen LogP) is 5.17.